The van der Waals surface area contributed by atoms with Gasteiger partial charge in [-0.2, -0.15) is 0 Å². The van der Waals surface area contributed by atoms with E-state index in [0.717, 1.165) is 5.56 Å². The number of nitrogens with two attached hydrogens (primary N) is 2. The van der Waals surface area contributed by atoms with Gasteiger partial charge in [-0.25, -0.2) is 4.39 Å². The van der Waals surface area contributed by atoms with E-state index in [1.165, 1.54) is 12.1 Å². The highest BCUT2D eigenvalue weighted by Gasteiger charge is 1.99. The van der Waals surface area contributed by atoms with Crippen molar-refractivity contribution in [2.45, 2.75) is 6.61 Å². The monoisotopic (exact) mass is 232 g/mol. The Morgan fingerprint density at radius 3 is 2.29 bits per heavy atom. The van der Waals surface area contributed by atoms with Crippen LogP contribution in [0, 0.1) is 5.82 Å². The summed E-state index contributed by atoms with van der Waals surface area (Å²) in [7, 11) is 0. The highest BCUT2D eigenvalue weighted by molar-refractivity contribution is 5.65. The van der Waals surface area contributed by atoms with Crippen molar-refractivity contribution in [2.24, 2.45) is 0 Å². The van der Waals surface area contributed by atoms with Crippen molar-refractivity contribution in [1.29, 1.82) is 0 Å². The Labute approximate surface area is 98.8 Å². The second kappa shape index (κ2) is 4.74. The van der Waals surface area contributed by atoms with Crippen molar-refractivity contribution >= 4 is 11.4 Å². The minimum absolute atomic E-state index is 0.259. The molecule has 0 saturated carbocycles. The van der Waals surface area contributed by atoms with Gasteiger partial charge in [-0.3, -0.25) is 0 Å². The molecule has 2 rings (SSSR count). The second-order valence-corrected chi connectivity index (χ2v) is 3.71. The molecule has 0 amide bonds. The van der Waals surface area contributed by atoms with E-state index in [9.17, 15) is 4.39 Å². The minimum Gasteiger partial charge on any atom is -0.489 e. The van der Waals surface area contributed by atoms with Crippen LogP contribution in [0.15, 0.2) is 42.5 Å². The first kappa shape index (κ1) is 11.3. The Balaban J connectivity index is 2.02. The Morgan fingerprint density at radius 1 is 0.941 bits per heavy atom. The summed E-state index contributed by atoms with van der Waals surface area (Å²) >= 11 is 0. The maximum Gasteiger partial charge on any atom is 0.123 e. The lowest BCUT2D eigenvalue weighted by molar-refractivity contribution is 0.306. The Bertz CT molecular complexity index is 511. The van der Waals surface area contributed by atoms with E-state index < -0.39 is 0 Å². The largest absolute Gasteiger partial charge is 0.489 e. The molecule has 0 aromatic heterocycles. The van der Waals surface area contributed by atoms with E-state index in [4.69, 9.17) is 16.2 Å². The summed E-state index contributed by atoms with van der Waals surface area (Å²) in [6.45, 7) is 0.365. The SMILES string of the molecule is Nc1ccc(OCc2ccc(F)cc2)cc1N. The van der Waals surface area contributed by atoms with E-state index in [-0.39, 0.29) is 5.82 Å². The molecule has 88 valence electrons. The molecule has 4 N–H and O–H groups in total. The zero-order valence-electron chi connectivity index (χ0n) is 9.19. The zero-order valence-corrected chi connectivity index (χ0v) is 9.19. The highest BCUT2D eigenvalue weighted by Crippen LogP contribution is 2.22. The molecule has 0 saturated heterocycles. The lowest BCUT2D eigenvalue weighted by atomic mass is 10.2. The first-order chi connectivity index (χ1) is 8.15. The molecule has 2 aromatic rings. The molecular weight excluding hydrogens is 219 g/mol. The van der Waals surface area contributed by atoms with Crippen LogP contribution in [-0.2, 0) is 6.61 Å². The smallest absolute Gasteiger partial charge is 0.123 e. The number of hydrogen-bond acceptors (Lipinski definition) is 3. The topological polar surface area (TPSA) is 61.3 Å². The van der Waals surface area contributed by atoms with E-state index in [0.29, 0.717) is 23.7 Å². The average molecular weight is 232 g/mol. The molecule has 4 heteroatoms. The summed E-state index contributed by atoms with van der Waals surface area (Å²) in [6.07, 6.45) is 0. The number of hydrogen-bond donors (Lipinski definition) is 2. The Hall–Kier alpha value is -2.23. The quantitative estimate of drug-likeness (QED) is 0.799. The Kier molecular flexibility index (Phi) is 3.14. The fourth-order valence-electron chi connectivity index (χ4n) is 1.39. The number of anilines is 2. The van der Waals surface area contributed by atoms with Gasteiger partial charge in [0.1, 0.15) is 18.2 Å². The van der Waals surface area contributed by atoms with Gasteiger partial charge in [0.2, 0.25) is 0 Å². The maximum absolute atomic E-state index is 12.7. The van der Waals surface area contributed by atoms with Gasteiger partial charge in [0.25, 0.3) is 0 Å². The van der Waals surface area contributed by atoms with Gasteiger partial charge in [-0.15, -0.1) is 0 Å². The van der Waals surface area contributed by atoms with Crippen LogP contribution in [0.25, 0.3) is 0 Å². The summed E-state index contributed by atoms with van der Waals surface area (Å²) in [4.78, 5) is 0. The van der Waals surface area contributed by atoms with E-state index in [1.54, 1.807) is 30.3 Å². The van der Waals surface area contributed by atoms with Gasteiger partial charge in [-0.1, -0.05) is 12.1 Å². The standard InChI is InChI=1S/C13H13FN2O/c14-10-3-1-9(2-4-10)8-17-11-5-6-12(15)13(16)7-11/h1-7H,8,15-16H2. The third kappa shape index (κ3) is 2.87. The number of halogens is 1. The summed E-state index contributed by atoms with van der Waals surface area (Å²) in [5.41, 5.74) is 13.2. The summed E-state index contributed by atoms with van der Waals surface area (Å²) < 4.78 is 18.2. The van der Waals surface area contributed by atoms with Gasteiger partial charge < -0.3 is 16.2 Å². The summed E-state index contributed by atoms with van der Waals surface area (Å²) in [6, 6.07) is 11.3. The van der Waals surface area contributed by atoms with Crippen molar-refractivity contribution in [3.05, 3.63) is 53.8 Å². The molecule has 0 atom stereocenters. The van der Waals surface area contributed by atoms with Crippen molar-refractivity contribution in [3.63, 3.8) is 0 Å². The number of benzene rings is 2. The predicted octanol–water partition coefficient (Wildman–Crippen LogP) is 2.57. The molecule has 0 aliphatic carbocycles. The summed E-state index contributed by atoms with van der Waals surface area (Å²) in [5, 5.41) is 0. The van der Waals surface area contributed by atoms with Crippen LogP contribution in [0.2, 0.25) is 0 Å². The van der Waals surface area contributed by atoms with Gasteiger partial charge in [0.05, 0.1) is 11.4 Å². The van der Waals surface area contributed by atoms with Crippen LogP contribution < -0.4 is 16.2 Å². The third-order valence-corrected chi connectivity index (χ3v) is 2.38. The van der Waals surface area contributed by atoms with Gasteiger partial charge in [0.15, 0.2) is 0 Å². The van der Waals surface area contributed by atoms with Crippen LogP contribution >= 0.6 is 0 Å². The Morgan fingerprint density at radius 2 is 1.65 bits per heavy atom. The molecule has 0 heterocycles. The van der Waals surface area contributed by atoms with Crippen LogP contribution in [0.1, 0.15) is 5.56 Å². The van der Waals surface area contributed by atoms with Crippen LogP contribution in [0.4, 0.5) is 15.8 Å². The lowest BCUT2D eigenvalue weighted by Crippen LogP contribution is -1.98. The maximum atomic E-state index is 12.7. The molecule has 0 aliphatic heterocycles. The van der Waals surface area contributed by atoms with Gasteiger partial charge in [-0.05, 0) is 29.8 Å². The predicted molar refractivity (Wildman–Crippen MR) is 66.0 cm³/mol. The van der Waals surface area contributed by atoms with E-state index in [1.807, 2.05) is 0 Å². The first-order valence-corrected chi connectivity index (χ1v) is 5.17. The summed E-state index contributed by atoms with van der Waals surface area (Å²) in [5.74, 6) is 0.381. The zero-order chi connectivity index (χ0) is 12.3. The van der Waals surface area contributed by atoms with Crippen molar-refractivity contribution in [1.82, 2.24) is 0 Å². The fraction of sp³-hybridized carbons (Fsp3) is 0.0769. The first-order valence-electron chi connectivity index (χ1n) is 5.17. The number of ether oxygens (including phenoxy) is 1. The molecular formula is C13H13FN2O. The fourth-order valence-corrected chi connectivity index (χ4v) is 1.39. The van der Waals surface area contributed by atoms with Crippen LogP contribution in [0.3, 0.4) is 0 Å². The molecule has 0 aliphatic rings. The van der Waals surface area contributed by atoms with Crippen molar-refractivity contribution < 1.29 is 9.13 Å². The average Bonchev–Trinajstić information content (AvgIpc) is 2.33. The van der Waals surface area contributed by atoms with Gasteiger partial charge >= 0.3 is 0 Å². The van der Waals surface area contributed by atoms with E-state index in [2.05, 4.69) is 0 Å². The molecule has 0 fully saturated rings. The molecule has 17 heavy (non-hydrogen) atoms. The normalized spacial score (nSPS) is 10.2. The molecule has 3 nitrogen and oxygen atoms in total. The molecule has 0 bridgehead atoms. The lowest BCUT2D eigenvalue weighted by Gasteiger charge is -2.08. The molecule has 2 aromatic carbocycles. The molecule has 0 radical (unpaired) electrons. The number of rotatable bonds is 3. The molecule has 0 spiro atoms. The van der Waals surface area contributed by atoms with Crippen molar-refractivity contribution in [3.8, 4) is 5.75 Å². The van der Waals surface area contributed by atoms with E-state index >= 15 is 0 Å². The van der Waals surface area contributed by atoms with Crippen LogP contribution in [-0.4, -0.2) is 0 Å². The van der Waals surface area contributed by atoms with Crippen LogP contribution in [0.5, 0.6) is 5.75 Å². The van der Waals surface area contributed by atoms with Crippen molar-refractivity contribution in [2.75, 3.05) is 11.5 Å². The third-order valence-electron chi connectivity index (χ3n) is 2.38. The molecule has 0 unspecified atom stereocenters. The van der Waals surface area contributed by atoms with Gasteiger partial charge in [0, 0.05) is 6.07 Å². The second-order valence-electron chi connectivity index (χ2n) is 3.71. The highest BCUT2D eigenvalue weighted by atomic mass is 19.1. The minimum atomic E-state index is -0.259. The number of nitrogen functional groups attached to an aromatic ring is 2.